The molecule has 1 N–H and O–H groups in total. The van der Waals surface area contributed by atoms with Gasteiger partial charge in [-0.1, -0.05) is 6.92 Å². The van der Waals surface area contributed by atoms with E-state index in [0.717, 1.165) is 5.56 Å². The number of aromatic nitrogens is 2. The fourth-order valence-corrected chi connectivity index (χ4v) is 3.37. The van der Waals surface area contributed by atoms with Crippen molar-refractivity contribution in [1.82, 2.24) is 9.97 Å². The molecule has 0 spiro atoms. The number of hydrogen-bond acceptors (Lipinski definition) is 8. The molecule has 0 aliphatic carbocycles. The van der Waals surface area contributed by atoms with Crippen LogP contribution >= 0.6 is 11.3 Å². The van der Waals surface area contributed by atoms with Crippen molar-refractivity contribution < 1.29 is 23.8 Å². The van der Waals surface area contributed by atoms with Gasteiger partial charge in [0, 0.05) is 23.3 Å². The number of nitrogens with one attached hydrogen (secondary N) is 1. The standard InChI is InChI=1S/C21H21N3O5S/c1-4-16(29-20(26)14-6-5-9-22-11-14)19(25)24-21-23-15(12-30-21)13-7-8-17(27-2)18(10-13)28-3/h5-12,16H,4H2,1-3H3,(H,23,24,25). The minimum atomic E-state index is -0.939. The minimum Gasteiger partial charge on any atom is -0.493 e. The van der Waals surface area contributed by atoms with Crippen LogP contribution in [0.15, 0.2) is 48.1 Å². The number of anilines is 1. The highest BCUT2D eigenvalue weighted by Crippen LogP contribution is 2.33. The first kappa shape index (κ1) is 21.3. The van der Waals surface area contributed by atoms with Crippen LogP contribution < -0.4 is 14.8 Å². The molecule has 2 aromatic heterocycles. The van der Waals surface area contributed by atoms with Crippen molar-refractivity contribution in [2.45, 2.75) is 19.4 Å². The second-order valence-electron chi connectivity index (χ2n) is 6.14. The zero-order valence-corrected chi connectivity index (χ0v) is 17.6. The van der Waals surface area contributed by atoms with E-state index in [1.807, 2.05) is 17.5 Å². The molecule has 2 heterocycles. The largest absolute Gasteiger partial charge is 0.493 e. The number of hydrogen-bond donors (Lipinski definition) is 1. The maximum Gasteiger partial charge on any atom is 0.340 e. The average Bonchev–Trinajstić information content (AvgIpc) is 3.25. The van der Waals surface area contributed by atoms with Gasteiger partial charge in [0.15, 0.2) is 22.7 Å². The predicted octanol–water partition coefficient (Wildman–Crippen LogP) is 3.80. The highest BCUT2D eigenvalue weighted by Gasteiger charge is 2.23. The maximum atomic E-state index is 12.6. The van der Waals surface area contributed by atoms with E-state index in [1.165, 1.54) is 17.5 Å². The SMILES string of the molecule is CCC(OC(=O)c1cccnc1)C(=O)Nc1nc(-c2ccc(OC)c(OC)c2)cs1. The first-order valence-electron chi connectivity index (χ1n) is 9.15. The first-order valence-corrected chi connectivity index (χ1v) is 10.0. The van der Waals surface area contributed by atoms with Crippen molar-refractivity contribution in [3.8, 4) is 22.8 Å². The summed E-state index contributed by atoms with van der Waals surface area (Å²) in [4.78, 5) is 33.1. The normalized spacial score (nSPS) is 11.4. The Morgan fingerprint density at radius 1 is 1.17 bits per heavy atom. The number of esters is 1. The Kier molecular flexibility index (Phi) is 6.97. The fourth-order valence-electron chi connectivity index (χ4n) is 2.65. The molecule has 0 fully saturated rings. The monoisotopic (exact) mass is 427 g/mol. The molecular formula is C21H21N3O5S. The second-order valence-corrected chi connectivity index (χ2v) is 7.00. The van der Waals surface area contributed by atoms with Crippen molar-refractivity contribution >= 4 is 28.3 Å². The summed E-state index contributed by atoms with van der Waals surface area (Å²) in [6.07, 6.45) is 2.33. The molecule has 30 heavy (non-hydrogen) atoms. The lowest BCUT2D eigenvalue weighted by molar-refractivity contribution is -0.124. The van der Waals surface area contributed by atoms with Crippen molar-refractivity contribution in [1.29, 1.82) is 0 Å². The number of methoxy groups -OCH3 is 2. The molecule has 1 atom stereocenters. The molecule has 0 saturated carbocycles. The third-order valence-corrected chi connectivity index (χ3v) is 4.98. The van der Waals surface area contributed by atoms with Crippen molar-refractivity contribution in [2.75, 3.05) is 19.5 Å². The zero-order valence-electron chi connectivity index (χ0n) is 16.7. The highest BCUT2D eigenvalue weighted by atomic mass is 32.1. The van der Waals surface area contributed by atoms with E-state index in [0.29, 0.717) is 28.7 Å². The van der Waals surface area contributed by atoms with Gasteiger partial charge in [-0.15, -0.1) is 11.3 Å². The Balaban J connectivity index is 1.68. The summed E-state index contributed by atoms with van der Waals surface area (Å²) < 4.78 is 15.9. The molecular weight excluding hydrogens is 406 g/mol. The number of thiazole rings is 1. The van der Waals surface area contributed by atoms with Crippen LogP contribution in [0.3, 0.4) is 0 Å². The number of rotatable bonds is 8. The topological polar surface area (TPSA) is 99.6 Å². The van der Waals surface area contributed by atoms with Gasteiger partial charge >= 0.3 is 5.97 Å². The minimum absolute atomic E-state index is 0.286. The molecule has 1 amide bonds. The van der Waals surface area contributed by atoms with Crippen LogP contribution in [0.5, 0.6) is 11.5 Å². The van der Waals surface area contributed by atoms with Crippen LogP contribution in [0.2, 0.25) is 0 Å². The van der Waals surface area contributed by atoms with Crippen LogP contribution in [0.4, 0.5) is 5.13 Å². The summed E-state index contributed by atoms with van der Waals surface area (Å²) in [6, 6.07) is 8.66. The quantitative estimate of drug-likeness (QED) is 0.546. The van der Waals surface area contributed by atoms with Crippen LogP contribution in [-0.2, 0) is 9.53 Å². The van der Waals surface area contributed by atoms with Gasteiger partial charge in [-0.25, -0.2) is 9.78 Å². The number of nitrogens with zero attached hydrogens (tertiary/aromatic N) is 2. The molecule has 0 saturated heterocycles. The van der Waals surface area contributed by atoms with Gasteiger partial charge in [-0.3, -0.25) is 15.1 Å². The summed E-state index contributed by atoms with van der Waals surface area (Å²) in [5, 5.41) is 4.93. The van der Waals surface area contributed by atoms with Gasteiger partial charge < -0.3 is 14.2 Å². The van der Waals surface area contributed by atoms with E-state index in [9.17, 15) is 9.59 Å². The summed E-state index contributed by atoms with van der Waals surface area (Å²) >= 11 is 1.27. The van der Waals surface area contributed by atoms with E-state index in [2.05, 4.69) is 15.3 Å². The molecule has 1 unspecified atom stereocenters. The molecule has 156 valence electrons. The van der Waals surface area contributed by atoms with E-state index < -0.39 is 18.0 Å². The maximum absolute atomic E-state index is 12.6. The summed E-state index contributed by atoms with van der Waals surface area (Å²) in [5.74, 6) is 0.159. The van der Waals surface area contributed by atoms with Crippen LogP contribution in [0.25, 0.3) is 11.3 Å². The van der Waals surface area contributed by atoms with Crippen LogP contribution in [-0.4, -0.2) is 42.2 Å². The molecule has 9 heteroatoms. The number of benzene rings is 1. The van der Waals surface area contributed by atoms with Crippen LogP contribution in [0.1, 0.15) is 23.7 Å². The molecule has 0 aliphatic rings. The number of ether oxygens (including phenoxy) is 3. The fraction of sp³-hybridized carbons (Fsp3) is 0.238. The number of amides is 1. The molecule has 3 rings (SSSR count). The number of pyridine rings is 1. The average molecular weight is 427 g/mol. The molecule has 0 bridgehead atoms. The zero-order chi connectivity index (χ0) is 21.5. The first-order chi connectivity index (χ1) is 14.5. The molecule has 1 aromatic carbocycles. The Morgan fingerprint density at radius 2 is 1.97 bits per heavy atom. The van der Waals surface area contributed by atoms with Crippen molar-refractivity contribution in [2.24, 2.45) is 0 Å². The van der Waals surface area contributed by atoms with Gasteiger partial charge in [-0.2, -0.15) is 0 Å². The van der Waals surface area contributed by atoms with Gasteiger partial charge in [0.2, 0.25) is 0 Å². The second kappa shape index (κ2) is 9.84. The van der Waals surface area contributed by atoms with Crippen molar-refractivity contribution in [3.05, 3.63) is 53.7 Å². The van der Waals surface area contributed by atoms with Gasteiger partial charge in [-0.05, 0) is 36.8 Å². The third kappa shape index (κ3) is 4.93. The van der Waals surface area contributed by atoms with E-state index in [1.54, 1.807) is 45.5 Å². The summed E-state index contributed by atoms with van der Waals surface area (Å²) in [6.45, 7) is 1.76. The molecule has 0 radical (unpaired) electrons. The molecule has 3 aromatic rings. The molecule has 8 nitrogen and oxygen atoms in total. The van der Waals surface area contributed by atoms with Gasteiger partial charge in [0.1, 0.15) is 0 Å². The summed E-state index contributed by atoms with van der Waals surface area (Å²) in [7, 11) is 3.13. The lowest BCUT2D eigenvalue weighted by Gasteiger charge is -2.15. The smallest absolute Gasteiger partial charge is 0.340 e. The Morgan fingerprint density at radius 3 is 2.63 bits per heavy atom. The van der Waals surface area contributed by atoms with Gasteiger partial charge in [0.25, 0.3) is 5.91 Å². The van der Waals surface area contributed by atoms with Gasteiger partial charge in [0.05, 0.1) is 25.5 Å². The Hall–Kier alpha value is -3.46. The third-order valence-electron chi connectivity index (χ3n) is 4.22. The van der Waals surface area contributed by atoms with E-state index in [-0.39, 0.29) is 5.56 Å². The lowest BCUT2D eigenvalue weighted by Crippen LogP contribution is -2.32. The Labute approximate surface area is 177 Å². The lowest BCUT2D eigenvalue weighted by atomic mass is 10.1. The van der Waals surface area contributed by atoms with Crippen molar-refractivity contribution in [3.63, 3.8) is 0 Å². The van der Waals surface area contributed by atoms with Crippen LogP contribution in [0, 0.1) is 0 Å². The van der Waals surface area contributed by atoms with E-state index >= 15 is 0 Å². The predicted molar refractivity (Wildman–Crippen MR) is 113 cm³/mol. The molecule has 0 aliphatic heterocycles. The Bertz CT molecular complexity index is 1020. The highest BCUT2D eigenvalue weighted by molar-refractivity contribution is 7.14. The van der Waals surface area contributed by atoms with E-state index in [4.69, 9.17) is 14.2 Å². The number of carbonyl (C=O) groups excluding carboxylic acids is 2. The number of carbonyl (C=O) groups is 2. The summed E-state index contributed by atoms with van der Waals surface area (Å²) in [5.41, 5.74) is 1.78.